The van der Waals surface area contributed by atoms with Crippen molar-refractivity contribution in [2.75, 3.05) is 4.90 Å². The molecule has 0 bridgehead atoms. The quantitative estimate of drug-likeness (QED) is 0.322. The Labute approximate surface area is 178 Å². The molecular weight excluding hydrogens is 464 g/mol. The monoisotopic (exact) mass is 474 g/mol. The zero-order chi connectivity index (χ0) is 19.8. The molecule has 1 aromatic heterocycles. The number of Topliss-reactive ketones (excluding diaryl/α,β-unsaturated/α-hetero) is 1. The van der Waals surface area contributed by atoms with Gasteiger partial charge in [-0.15, -0.1) is 11.3 Å². The Hall–Kier alpha value is -2.48. The van der Waals surface area contributed by atoms with Crippen molar-refractivity contribution >= 4 is 61.4 Å². The molecule has 1 atom stereocenters. The fourth-order valence-electron chi connectivity index (χ4n) is 3.12. The van der Waals surface area contributed by atoms with Crippen molar-refractivity contribution in [1.29, 1.82) is 0 Å². The maximum absolute atomic E-state index is 12.9. The van der Waals surface area contributed by atoms with Gasteiger partial charge in [0.15, 0.2) is 5.13 Å². The third-order valence-electron chi connectivity index (χ3n) is 4.35. The van der Waals surface area contributed by atoms with Crippen LogP contribution in [0.3, 0.4) is 0 Å². The molecule has 3 aromatic rings. The summed E-state index contributed by atoms with van der Waals surface area (Å²) in [5, 5.41) is 13.5. The lowest BCUT2D eigenvalue weighted by Gasteiger charge is -2.23. The lowest BCUT2D eigenvalue weighted by atomic mass is 9.95. The van der Waals surface area contributed by atoms with Crippen molar-refractivity contribution in [2.45, 2.75) is 6.04 Å². The topological polar surface area (TPSA) is 70.5 Å². The van der Waals surface area contributed by atoms with E-state index in [-0.39, 0.29) is 11.3 Å². The molecule has 0 spiro atoms. The van der Waals surface area contributed by atoms with Gasteiger partial charge in [-0.1, -0.05) is 39.7 Å². The molecule has 0 saturated carbocycles. The average molecular weight is 476 g/mol. The van der Waals surface area contributed by atoms with Gasteiger partial charge in [0, 0.05) is 26.6 Å². The molecule has 1 amide bonds. The summed E-state index contributed by atoms with van der Waals surface area (Å²) in [5.41, 5.74) is 1.10. The van der Waals surface area contributed by atoms with E-state index in [4.69, 9.17) is 11.6 Å². The zero-order valence-electron chi connectivity index (χ0n) is 14.2. The Kier molecular flexibility index (Phi) is 5.05. The van der Waals surface area contributed by atoms with Crippen LogP contribution < -0.4 is 4.90 Å². The number of thiazole rings is 1. The second-order valence-electron chi connectivity index (χ2n) is 6.05. The molecule has 1 fully saturated rings. The maximum atomic E-state index is 12.9. The third-order valence-corrected chi connectivity index (χ3v) is 5.87. The normalized spacial score (nSPS) is 18.6. The van der Waals surface area contributed by atoms with E-state index < -0.39 is 17.7 Å². The number of carbonyl (C=O) groups is 2. The molecule has 0 aliphatic carbocycles. The van der Waals surface area contributed by atoms with Gasteiger partial charge >= 0.3 is 5.91 Å². The van der Waals surface area contributed by atoms with Crippen molar-refractivity contribution in [1.82, 2.24) is 4.98 Å². The first-order valence-corrected chi connectivity index (χ1v) is 10.2. The zero-order valence-corrected chi connectivity index (χ0v) is 17.3. The number of carbonyl (C=O) groups excluding carboxylic acids is 2. The summed E-state index contributed by atoms with van der Waals surface area (Å²) >= 11 is 10.6. The van der Waals surface area contributed by atoms with Crippen LogP contribution in [-0.2, 0) is 9.59 Å². The highest BCUT2D eigenvalue weighted by Gasteiger charge is 2.47. The van der Waals surface area contributed by atoms with Gasteiger partial charge in [-0.25, -0.2) is 4.98 Å². The number of amides is 1. The molecule has 1 saturated heterocycles. The van der Waals surface area contributed by atoms with Crippen molar-refractivity contribution in [3.63, 3.8) is 0 Å². The number of anilines is 1. The Morgan fingerprint density at radius 2 is 1.93 bits per heavy atom. The van der Waals surface area contributed by atoms with Crippen molar-refractivity contribution < 1.29 is 14.7 Å². The first-order chi connectivity index (χ1) is 13.5. The van der Waals surface area contributed by atoms with Gasteiger partial charge in [0.05, 0.1) is 11.6 Å². The van der Waals surface area contributed by atoms with Crippen LogP contribution in [0.1, 0.15) is 17.2 Å². The highest BCUT2D eigenvalue weighted by atomic mass is 79.9. The third kappa shape index (κ3) is 3.26. The van der Waals surface area contributed by atoms with Crippen LogP contribution in [0.15, 0.2) is 70.2 Å². The van der Waals surface area contributed by atoms with E-state index in [1.807, 2.05) is 18.2 Å². The summed E-state index contributed by atoms with van der Waals surface area (Å²) in [6.07, 6.45) is 1.57. The van der Waals surface area contributed by atoms with Crippen LogP contribution in [0.2, 0.25) is 5.02 Å². The molecule has 0 unspecified atom stereocenters. The van der Waals surface area contributed by atoms with Crippen LogP contribution in [0, 0.1) is 0 Å². The molecular formula is C20H12BrClN2O3S. The summed E-state index contributed by atoms with van der Waals surface area (Å²) in [6, 6.07) is 12.9. The molecule has 4 rings (SSSR count). The number of nitrogens with zero attached hydrogens (tertiary/aromatic N) is 2. The minimum Gasteiger partial charge on any atom is -0.507 e. The maximum Gasteiger partial charge on any atom is 0.301 e. The molecule has 2 aromatic carbocycles. The number of aliphatic hydroxyl groups is 1. The largest absolute Gasteiger partial charge is 0.507 e. The minimum atomic E-state index is -0.792. The smallest absolute Gasteiger partial charge is 0.301 e. The Morgan fingerprint density at radius 1 is 1.18 bits per heavy atom. The molecule has 1 aliphatic heterocycles. The summed E-state index contributed by atoms with van der Waals surface area (Å²) in [7, 11) is 0. The number of aromatic nitrogens is 1. The molecule has 5 nitrogen and oxygen atoms in total. The first-order valence-electron chi connectivity index (χ1n) is 8.19. The fourth-order valence-corrected chi connectivity index (χ4v) is 4.33. The van der Waals surface area contributed by atoms with Crippen LogP contribution in [0.4, 0.5) is 5.13 Å². The predicted octanol–water partition coefficient (Wildman–Crippen LogP) is 5.19. The highest BCUT2D eigenvalue weighted by molar-refractivity contribution is 9.10. The van der Waals surface area contributed by atoms with E-state index in [2.05, 4.69) is 20.9 Å². The molecule has 140 valence electrons. The summed E-state index contributed by atoms with van der Waals surface area (Å²) in [6.45, 7) is 0. The van der Waals surface area contributed by atoms with Gasteiger partial charge in [-0.3, -0.25) is 14.5 Å². The van der Waals surface area contributed by atoms with Gasteiger partial charge in [-0.2, -0.15) is 0 Å². The van der Waals surface area contributed by atoms with Gasteiger partial charge in [0.25, 0.3) is 5.78 Å². The van der Waals surface area contributed by atoms with E-state index in [1.54, 1.807) is 41.9 Å². The van der Waals surface area contributed by atoms with E-state index in [0.29, 0.717) is 21.3 Å². The highest BCUT2D eigenvalue weighted by Crippen LogP contribution is 2.43. The number of benzene rings is 2. The molecule has 1 N–H and O–H groups in total. The van der Waals surface area contributed by atoms with Crippen molar-refractivity contribution in [3.8, 4) is 0 Å². The first kappa shape index (κ1) is 18.9. The molecule has 2 heterocycles. The number of hydrogen-bond donors (Lipinski definition) is 1. The van der Waals surface area contributed by atoms with E-state index in [9.17, 15) is 14.7 Å². The lowest BCUT2D eigenvalue weighted by molar-refractivity contribution is -0.132. The van der Waals surface area contributed by atoms with Crippen molar-refractivity contribution in [2.24, 2.45) is 0 Å². The molecule has 1 aliphatic rings. The second-order valence-corrected chi connectivity index (χ2v) is 8.27. The minimum absolute atomic E-state index is 0.0145. The van der Waals surface area contributed by atoms with Gasteiger partial charge < -0.3 is 5.11 Å². The average Bonchev–Trinajstić information content (AvgIpc) is 3.29. The number of hydrogen-bond acceptors (Lipinski definition) is 5. The van der Waals surface area contributed by atoms with Crippen LogP contribution in [0.25, 0.3) is 5.76 Å². The van der Waals surface area contributed by atoms with Crippen molar-refractivity contribution in [3.05, 3.63) is 86.3 Å². The molecule has 28 heavy (non-hydrogen) atoms. The van der Waals surface area contributed by atoms with Gasteiger partial charge in [-0.05, 0) is 42.0 Å². The van der Waals surface area contributed by atoms with Gasteiger partial charge in [0.2, 0.25) is 0 Å². The standard InChI is InChI=1S/C20H12BrClN2O3S/c21-13-3-1-2-12(10-13)16-15(17(25)11-4-6-14(22)7-5-11)18(26)19(27)24(16)20-23-8-9-28-20/h1-10,16,25H/t16-/m1/s1. The lowest BCUT2D eigenvalue weighted by Crippen LogP contribution is -2.29. The Morgan fingerprint density at radius 3 is 2.57 bits per heavy atom. The van der Waals surface area contributed by atoms with Crippen LogP contribution in [0.5, 0.6) is 0 Å². The van der Waals surface area contributed by atoms with E-state index in [0.717, 1.165) is 4.47 Å². The van der Waals surface area contributed by atoms with Gasteiger partial charge in [0.1, 0.15) is 5.76 Å². The summed E-state index contributed by atoms with van der Waals surface area (Å²) in [4.78, 5) is 31.3. The predicted molar refractivity (Wildman–Crippen MR) is 112 cm³/mol. The second kappa shape index (κ2) is 7.50. The Bertz CT molecular complexity index is 1100. The molecule has 0 radical (unpaired) electrons. The van der Waals surface area contributed by atoms with E-state index in [1.165, 1.54) is 16.2 Å². The van der Waals surface area contributed by atoms with Crippen LogP contribution in [-0.4, -0.2) is 21.8 Å². The number of ketones is 1. The molecule has 8 heteroatoms. The number of aliphatic hydroxyl groups excluding tert-OH is 1. The van der Waals surface area contributed by atoms with Crippen LogP contribution >= 0.6 is 38.9 Å². The number of rotatable bonds is 3. The van der Waals surface area contributed by atoms with E-state index >= 15 is 0 Å². The summed E-state index contributed by atoms with van der Waals surface area (Å²) < 4.78 is 0.793. The number of halogens is 2. The fraction of sp³-hybridized carbons (Fsp3) is 0.0500. The SMILES string of the molecule is O=C1C(=O)N(c2nccs2)[C@H](c2cccc(Br)c2)C1=C(O)c1ccc(Cl)cc1. The Balaban J connectivity index is 1.95. The summed E-state index contributed by atoms with van der Waals surface area (Å²) in [5.74, 6) is -1.73.